The van der Waals surface area contributed by atoms with Gasteiger partial charge >= 0.3 is 0 Å². The Balaban J connectivity index is 1.92. The van der Waals surface area contributed by atoms with E-state index in [-0.39, 0.29) is 18.4 Å². The normalized spacial score (nSPS) is 16.8. The first-order valence-electron chi connectivity index (χ1n) is 10.0. The van der Waals surface area contributed by atoms with Crippen LogP contribution in [0.15, 0.2) is 54.7 Å². The standard InChI is InChI=1S/C24H19N3O2/c28-12-13-10-26-17-7-3-1-5-14(17)19-16-9-25-24(29)21(16)20-15-6-2-4-8-18(15)27(11-13)23(20)22(19)26/h1-9,13,25,28-29H,10-12H2. The Morgan fingerprint density at radius 3 is 2.03 bits per heavy atom. The number of H-pyrrole nitrogens is 1. The smallest absolute Gasteiger partial charge is 0.197 e. The van der Waals surface area contributed by atoms with Gasteiger partial charge in [0.05, 0.1) is 16.4 Å². The predicted molar refractivity (Wildman–Crippen MR) is 117 cm³/mol. The monoisotopic (exact) mass is 381 g/mol. The highest BCUT2D eigenvalue weighted by Gasteiger charge is 2.28. The van der Waals surface area contributed by atoms with Crippen LogP contribution < -0.4 is 0 Å². The lowest BCUT2D eigenvalue weighted by molar-refractivity contribution is 0.201. The summed E-state index contributed by atoms with van der Waals surface area (Å²) < 4.78 is 4.72. The van der Waals surface area contributed by atoms with Crippen molar-refractivity contribution in [2.45, 2.75) is 13.1 Å². The molecule has 0 saturated carbocycles. The molecule has 3 aromatic carbocycles. The summed E-state index contributed by atoms with van der Waals surface area (Å²) in [6.07, 6.45) is 1.93. The number of aromatic hydroxyl groups is 1. The van der Waals surface area contributed by atoms with Crippen LogP contribution >= 0.6 is 0 Å². The molecule has 0 spiro atoms. The van der Waals surface area contributed by atoms with E-state index in [1.807, 2.05) is 6.20 Å². The Morgan fingerprint density at radius 2 is 1.38 bits per heavy atom. The topological polar surface area (TPSA) is 66.1 Å². The van der Waals surface area contributed by atoms with Crippen LogP contribution in [0.4, 0.5) is 0 Å². The molecule has 0 radical (unpaired) electrons. The van der Waals surface area contributed by atoms with Gasteiger partial charge in [-0.15, -0.1) is 0 Å². The third-order valence-electron chi connectivity index (χ3n) is 6.68. The minimum atomic E-state index is 0.120. The summed E-state index contributed by atoms with van der Waals surface area (Å²) in [4.78, 5) is 3.06. The number of nitrogens with zero attached hydrogens (tertiary/aromatic N) is 2. The van der Waals surface area contributed by atoms with E-state index in [0.29, 0.717) is 0 Å². The van der Waals surface area contributed by atoms with E-state index in [1.54, 1.807) is 0 Å². The van der Waals surface area contributed by atoms with E-state index < -0.39 is 0 Å². The highest BCUT2D eigenvalue weighted by atomic mass is 16.3. The third-order valence-corrected chi connectivity index (χ3v) is 6.68. The van der Waals surface area contributed by atoms with Gasteiger partial charge in [0.25, 0.3) is 0 Å². The lowest BCUT2D eigenvalue weighted by atomic mass is 10.0. The van der Waals surface area contributed by atoms with Gasteiger partial charge in [-0.3, -0.25) is 0 Å². The number of aromatic nitrogens is 3. The molecule has 1 atom stereocenters. The van der Waals surface area contributed by atoms with Gasteiger partial charge in [0.2, 0.25) is 0 Å². The summed E-state index contributed by atoms with van der Waals surface area (Å²) in [6.45, 7) is 1.66. The number of aliphatic hydroxyl groups is 1. The maximum atomic E-state index is 10.8. The fourth-order valence-corrected chi connectivity index (χ4v) is 5.56. The van der Waals surface area contributed by atoms with Crippen molar-refractivity contribution in [3.05, 3.63) is 54.7 Å². The Bertz CT molecular complexity index is 1620. The van der Waals surface area contributed by atoms with E-state index in [9.17, 15) is 10.2 Å². The lowest BCUT2D eigenvalue weighted by Gasteiger charge is -2.15. The van der Waals surface area contributed by atoms with Crippen LogP contribution in [-0.2, 0) is 13.1 Å². The zero-order chi connectivity index (χ0) is 19.3. The minimum Gasteiger partial charge on any atom is -0.494 e. The zero-order valence-electron chi connectivity index (χ0n) is 15.7. The summed E-state index contributed by atoms with van der Waals surface area (Å²) in [7, 11) is 0. The number of hydrogen-bond acceptors (Lipinski definition) is 2. The largest absolute Gasteiger partial charge is 0.494 e. The van der Waals surface area contributed by atoms with E-state index in [2.05, 4.69) is 62.6 Å². The molecule has 0 aliphatic carbocycles. The molecule has 1 aliphatic heterocycles. The number of benzene rings is 3. The Kier molecular flexibility index (Phi) is 2.74. The third kappa shape index (κ3) is 1.71. The SMILES string of the molecule is OCC1Cn2c3ccccc3c3c4c[nH]c(O)c4c4c5ccccc5n(c4c32)C1. The van der Waals surface area contributed by atoms with Gasteiger partial charge < -0.3 is 24.3 Å². The molecule has 7 rings (SSSR count). The van der Waals surface area contributed by atoms with Gasteiger partial charge in [-0.1, -0.05) is 36.4 Å². The van der Waals surface area contributed by atoms with Crippen LogP contribution in [0.25, 0.3) is 54.4 Å². The first kappa shape index (κ1) is 15.5. The summed E-state index contributed by atoms with van der Waals surface area (Å²) in [5, 5.41) is 27.4. The summed E-state index contributed by atoms with van der Waals surface area (Å²) >= 11 is 0. The Morgan fingerprint density at radius 1 is 0.793 bits per heavy atom. The van der Waals surface area contributed by atoms with E-state index in [0.717, 1.165) is 45.7 Å². The van der Waals surface area contributed by atoms with Gasteiger partial charge in [-0.2, -0.15) is 0 Å². The molecule has 1 unspecified atom stereocenters. The van der Waals surface area contributed by atoms with Crippen molar-refractivity contribution in [2.75, 3.05) is 6.61 Å². The molecule has 3 N–H and O–H groups in total. The van der Waals surface area contributed by atoms with E-state index in [1.165, 1.54) is 21.8 Å². The van der Waals surface area contributed by atoms with Crippen molar-refractivity contribution >= 4 is 54.4 Å². The molecule has 0 amide bonds. The second kappa shape index (κ2) is 5.13. The summed E-state index contributed by atoms with van der Waals surface area (Å²) in [5.74, 6) is 0.333. The number of fused-ring (bicyclic) bond motifs is 9. The van der Waals surface area contributed by atoms with Crippen LogP contribution in [-0.4, -0.2) is 30.9 Å². The van der Waals surface area contributed by atoms with Crippen molar-refractivity contribution in [1.29, 1.82) is 0 Å². The van der Waals surface area contributed by atoms with Gasteiger partial charge in [0.1, 0.15) is 0 Å². The average Bonchev–Trinajstić information content (AvgIpc) is 3.34. The molecule has 142 valence electrons. The van der Waals surface area contributed by atoms with Crippen molar-refractivity contribution in [3.63, 3.8) is 0 Å². The van der Waals surface area contributed by atoms with E-state index in [4.69, 9.17) is 0 Å². The molecule has 6 aromatic rings. The van der Waals surface area contributed by atoms with Crippen LogP contribution in [0.3, 0.4) is 0 Å². The fourth-order valence-electron chi connectivity index (χ4n) is 5.56. The molecular weight excluding hydrogens is 362 g/mol. The number of para-hydroxylation sites is 2. The van der Waals surface area contributed by atoms with E-state index >= 15 is 0 Å². The Hall–Kier alpha value is -3.44. The quantitative estimate of drug-likeness (QED) is 0.386. The maximum absolute atomic E-state index is 10.8. The lowest BCUT2D eigenvalue weighted by Crippen LogP contribution is -2.18. The summed E-state index contributed by atoms with van der Waals surface area (Å²) in [5.41, 5.74) is 4.67. The second-order valence-electron chi connectivity index (χ2n) is 8.18. The molecule has 0 fully saturated rings. The highest BCUT2D eigenvalue weighted by Crippen LogP contribution is 2.48. The Labute approximate surface area is 165 Å². The van der Waals surface area contributed by atoms with Gasteiger partial charge in [-0.05, 0) is 12.1 Å². The number of aliphatic hydroxyl groups excluding tert-OH is 1. The van der Waals surface area contributed by atoms with Gasteiger partial charge in [0.15, 0.2) is 5.88 Å². The number of hydrogen-bond donors (Lipinski definition) is 3. The molecule has 0 saturated heterocycles. The molecule has 3 aromatic heterocycles. The van der Waals surface area contributed by atoms with Crippen LogP contribution in [0.1, 0.15) is 0 Å². The van der Waals surface area contributed by atoms with Crippen molar-refractivity contribution < 1.29 is 10.2 Å². The van der Waals surface area contributed by atoms with Crippen molar-refractivity contribution in [1.82, 2.24) is 14.1 Å². The van der Waals surface area contributed by atoms with Crippen molar-refractivity contribution in [3.8, 4) is 5.88 Å². The fraction of sp³-hybridized carbons (Fsp3) is 0.167. The first-order valence-corrected chi connectivity index (χ1v) is 10.0. The molecule has 29 heavy (non-hydrogen) atoms. The molecule has 5 heteroatoms. The first-order chi connectivity index (χ1) is 14.3. The molecule has 0 bridgehead atoms. The number of nitrogens with one attached hydrogen (secondary N) is 1. The van der Waals surface area contributed by atoms with Crippen LogP contribution in [0, 0.1) is 5.92 Å². The van der Waals surface area contributed by atoms with Crippen molar-refractivity contribution in [2.24, 2.45) is 5.92 Å². The minimum absolute atomic E-state index is 0.120. The second-order valence-corrected chi connectivity index (χ2v) is 8.18. The van der Waals surface area contributed by atoms with Crippen LogP contribution in [0.2, 0.25) is 0 Å². The average molecular weight is 381 g/mol. The zero-order valence-corrected chi connectivity index (χ0v) is 15.7. The van der Waals surface area contributed by atoms with Gasteiger partial charge in [-0.25, -0.2) is 0 Å². The van der Waals surface area contributed by atoms with Gasteiger partial charge in [0, 0.05) is 69.8 Å². The van der Waals surface area contributed by atoms with Crippen LogP contribution in [0.5, 0.6) is 5.88 Å². The molecule has 4 heterocycles. The maximum Gasteiger partial charge on any atom is 0.197 e. The molecular formula is C24H19N3O2. The molecule has 5 nitrogen and oxygen atoms in total. The predicted octanol–water partition coefficient (Wildman–Crippen LogP) is 4.71. The number of aromatic amines is 1. The summed E-state index contributed by atoms with van der Waals surface area (Å²) in [6, 6.07) is 16.8. The number of rotatable bonds is 1. The molecule has 1 aliphatic rings. The highest BCUT2D eigenvalue weighted by molar-refractivity contribution is 6.36.